The number of aliphatic hydroxyl groups excluding tert-OH is 2. The number of hydrogen-bond acceptors (Lipinski definition) is 2. The molecule has 1 atom stereocenters. The molecule has 1 saturated carbocycles. The summed E-state index contributed by atoms with van der Waals surface area (Å²) >= 11 is 0. The highest BCUT2D eigenvalue weighted by Gasteiger charge is 2.28. The Morgan fingerprint density at radius 2 is 1.62 bits per heavy atom. The summed E-state index contributed by atoms with van der Waals surface area (Å²) in [5, 5.41) is 18.1. The second-order valence-corrected chi connectivity index (χ2v) is 4.18. The van der Waals surface area contributed by atoms with Gasteiger partial charge >= 0.3 is 0 Å². The first kappa shape index (κ1) is 11.0. The molecule has 0 aromatic heterocycles. The van der Waals surface area contributed by atoms with Crippen LogP contribution < -0.4 is 0 Å². The lowest BCUT2D eigenvalue weighted by atomic mass is 10.1. The van der Waals surface area contributed by atoms with Gasteiger partial charge in [-0.2, -0.15) is 0 Å². The van der Waals surface area contributed by atoms with E-state index in [-0.39, 0.29) is 6.10 Å². The molecule has 2 N–H and O–H groups in total. The van der Waals surface area contributed by atoms with Crippen LogP contribution in [0, 0.1) is 5.92 Å². The first-order valence-corrected chi connectivity index (χ1v) is 5.63. The predicted octanol–water partition coefficient (Wildman–Crippen LogP) is 2.09. The Balaban J connectivity index is 1.77. The molecule has 0 heterocycles. The fourth-order valence-electron chi connectivity index (χ4n) is 1.71. The molecule has 1 aliphatic carbocycles. The number of aliphatic hydroxyl groups is 2. The van der Waals surface area contributed by atoms with Crippen LogP contribution in [0.3, 0.4) is 0 Å². The predicted molar refractivity (Wildman–Crippen MR) is 53.5 cm³/mol. The van der Waals surface area contributed by atoms with Crippen LogP contribution in [0.25, 0.3) is 0 Å². The van der Waals surface area contributed by atoms with Gasteiger partial charge in [0.25, 0.3) is 0 Å². The number of rotatable bonds is 8. The third kappa shape index (κ3) is 5.27. The van der Waals surface area contributed by atoms with Gasteiger partial charge in [0.15, 0.2) is 0 Å². The Labute approximate surface area is 81.0 Å². The standard InChI is InChI=1S/C11H22O2/c12-9-5-3-1-2-4-6-11(13)10-7-8-10/h10-13H,1-9H2. The van der Waals surface area contributed by atoms with E-state index >= 15 is 0 Å². The van der Waals surface area contributed by atoms with Gasteiger partial charge in [-0.25, -0.2) is 0 Å². The van der Waals surface area contributed by atoms with Crippen molar-refractivity contribution in [3.05, 3.63) is 0 Å². The van der Waals surface area contributed by atoms with Crippen molar-refractivity contribution in [1.82, 2.24) is 0 Å². The molecule has 1 aliphatic rings. The van der Waals surface area contributed by atoms with Crippen molar-refractivity contribution >= 4 is 0 Å². The molecule has 13 heavy (non-hydrogen) atoms. The SMILES string of the molecule is OCCCCCCCC(O)C1CC1. The maximum absolute atomic E-state index is 9.55. The minimum atomic E-state index is -0.0159. The van der Waals surface area contributed by atoms with E-state index in [0.717, 1.165) is 25.7 Å². The van der Waals surface area contributed by atoms with Crippen LogP contribution in [-0.4, -0.2) is 22.9 Å². The van der Waals surface area contributed by atoms with Crippen molar-refractivity contribution in [2.75, 3.05) is 6.61 Å². The van der Waals surface area contributed by atoms with Crippen LogP contribution in [0.4, 0.5) is 0 Å². The summed E-state index contributed by atoms with van der Waals surface area (Å²) in [5.41, 5.74) is 0. The molecule has 0 radical (unpaired) electrons. The average Bonchev–Trinajstić information content (AvgIpc) is 2.93. The van der Waals surface area contributed by atoms with Crippen LogP contribution in [0.2, 0.25) is 0 Å². The van der Waals surface area contributed by atoms with Gasteiger partial charge in [0.2, 0.25) is 0 Å². The summed E-state index contributed by atoms with van der Waals surface area (Å²) in [4.78, 5) is 0. The second-order valence-electron chi connectivity index (χ2n) is 4.18. The van der Waals surface area contributed by atoms with E-state index in [1.54, 1.807) is 0 Å². The van der Waals surface area contributed by atoms with E-state index in [2.05, 4.69) is 0 Å². The topological polar surface area (TPSA) is 40.5 Å². The molecule has 78 valence electrons. The first-order valence-electron chi connectivity index (χ1n) is 5.63. The largest absolute Gasteiger partial charge is 0.396 e. The van der Waals surface area contributed by atoms with Crippen molar-refractivity contribution in [3.8, 4) is 0 Å². The summed E-state index contributed by atoms with van der Waals surface area (Å²) < 4.78 is 0. The maximum atomic E-state index is 9.55. The number of hydrogen-bond donors (Lipinski definition) is 2. The third-order valence-electron chi connectivity index (χ3n) is 2.82. The van der Waals surface area contributed by atoms with Crippen molar-refractivity contribution in [2.45, 2.75) is 57.5 Å². The molecule has 0 aliphatic heterocycles. The van der Waals surface area contributed by atoms with Gasteiger partial charge in [-0.15, -0.1) is 0 Å². The van der Waals surface area contributed by atoms with E-state index in [1.807, 2.05) is 0 Å². The monoisotopic (exact) mass is 186 g/mol. The minimum Gasteiger partial charge on any atom is -0.396 e. The van der Waals surface area contributed by atoms with Crippen molar-refractivity contribution in [2.24, 2.45) is 5.92 Å². The Morgan fingerprint density at radius 3 is 2.23 bits per heavy atom. The fourth-order valence-corrected chi connectivity index (χ4v) is 1.71. The van der Waals surface area contributed by atoms with Crippen molar-refractivity contribution in [1.29, 1.82) is 0 Å². The van der Waals surface area contributed by atoms with Gasteiger partial charge in [0.1, 0.15) is 0 Å². The third-order valence-corrected chi connectivity index (χ3v) is 2.82. The van der Waals surface area contributed by atoms with Crippen LogP contribution >= 0.6 is 0 Å². The zero-order chi connectivity index (χ0) is 9.52. The van der Waals surface area contributed by atoms with Gasteiger partial charge in [0, 0.05) is 6.61 Å². The van der Waals surface area contributed by atoms with Crippen LogP contribution in [0.5, 0.6) is 0 Å². The molecule has 1 unspecified atom stereocenters. The van der Waals surface area contributed by atoms with E-state index in [9.17, 15) is 5.11 Å². The summed E-state index contributed by atoms with van der Waals surface area (Å²) in [7, 11) is 0. The highest BCUT2D eigenvalue weighted by atomic mass is 16.3. The Morgan fingerprint density at radius 1 is 1.00 bits per heavy atom. The number of unbranched alkanes of at least 4 members (excludes halogenated alkanes) is 4. The van der Waals surface area contributed by atoms with Crippen molar-refractivity contribution in [3.63, 3.8) is 0 Å². The molecule has 1 rings (SSSR count). The van der Waals surface area contributed by atoms with E-state index in [4.69, 9.17) is 5.11 Å². The molecule has 0 spiro atoms. The molecule has 2 nitrogen and oxygen atoms in total. The van der Waals surface area contributed by atoms with Crippen LogP contribution in [0.15, 0.2) is 0 Å². The fraction of sp³-hybridized carbons (Fsp3) is 1.00. The van der Waals surface area contributed by atoms with Crippen LogP contribution in [0.1, 0.15) is 51.4 Å². The molecule has 0 saturated heterocycles. The zero-order valence-corrected chi connectivity index (χ0v) is 8.41. The summed E-state index contributed by atoms with van der Waals surface area (Å²) in [6.45, 7) is 0.324. The van der Waals surface area contributed by atoms with Gasteiger partial charge in [-0.05, 0) is 31.6 Å². The highest BCUT2D eigenvalue weighted by molar-refractivity contribution is 4.80. The first-order chi connectivity index (χ1) is 6.34. The molecular formula is C11H22O2. The summed E-state index contributed by atoms with van der Waals surface area (Å²) in [6.07, 6.45) is 9.10. The Kier molecular flexibility index (Phi) is 5.40. The van der Waals surface area contributed by atoms with Gasteiger partial charge in [-0.3, -0.25) is 0 Å². The van der Waals surface area contributed by atoms with E-state index in [0.29, 0.717) is 12.5 Å². The van der Waals surface area contributed by atoms with Crippen molar-refractivity contribution < 1.29 is 10.2 Å². The second kappa shape index (κ2) is 6.39. The normalized spacial score (nSPS) is 18.9. The highest BCUT2D eigenvalue weighted by Crippen LogP contribution is 2.34. The lowest BCUT2D eigenvalue weighted by molar-refractivity contribution is 0.138. The van der Waals surface area contributed by atoms with Gasteiger partial charge < -0.3 is 10.2 Å². The smallest absolute Gasteiger partial charge is 0.0568 e. The minimum absolute atomic E-state index is 0.0159. The maximum Gasteiger partial charge on any atom is 0.0568 e. The molecule has 0 aromatic carbocycles. The van der Waals surface area contributed by atoms with E-state index < -0.39 is 0 Å². The molecule has 0 amide bonds. The quantitative estimate of drug-likeness (QED) is 0.570. The average molecular weight is 186 g/mol. The molecule has 0 bridgehead atoms. The van der Waals surface area contributed by atoms with Crippen LogP contribution in [-0.2, 0) is 0 Å². The summed E-state index contributed by atoms with van der Waals surface area (Å²) in [6, 6.07) is 0. The lowest BCUT2D eigenvalue weighted by Crippen LogP contribution is -2.08. The molecule has 0 aromatic rings. The zero-order valence-electron chi connectivity index (χ0n) is 8.41. The Hall–Kier alpha value is -0.0800. The Bertz CT molecular complexity index is 121. The molecule has 2 heteroatoms. The van der Waals surface area contributed by atoms with Gasteiger partial charge in [0.05, 0.1) is 6.10 Å². The van der Waals surface area contributed by atoms with E-state index in [1.165, 1.54) is 25.7 Å². The molecule has 1 fully saturated rings. The lowest BCUT2D eigenvalue weighted by Gasteiger charge is -2.07. The van der Waals surface area contributed by atoms with Gasteiger partial charge in [-0.1, -0.05) is 25.7 Å². The molecular weight excluding hydrogens is 164 g/mol. The summed E-state index contributed by atoms with van der Waals surface area (Å²) in [5.74, 6) is 0.637.